The smallest absolute Gasteiger partial charge is 0.120 e. The summed E-state index contributed by atoms with van der Waals surface area (Å²) in [5.74, 6) is 4.02. The fourth-order valence-corrected chi connectivity index (χ4v) is 5.38. The zero-order valence-electron chi connectivity index (χ0n) is 24.5. The molecule has 0 atom stereocenters. The van der Waals surface area contributed by atoms with Crippen LogP contribution in [0.4, 0.5) is 0 Å². The van der Waals surface area contributed by atoms with Crippen LogP contribution in [0.1, 0.15) is 22.4 Å². The van der Waals surface area contributed by atoms with Gasteiger partial charge in [-0.05, 0) is 77.0 Å². The molecular weight excluding hydrogens is 536 g/mol. The quantitative estimate of drug-likeness (QED) is 0.103. The maximum atomic E-state index is 6.00. The number of fused-ring (bicyclic) bond motifs is 1. The van der Waals surface area contributed by atoms with Crippen LogP contribution in [0, 0.1) is 11.2 Å². The summed E-state index contributed by atoms with van der Waals surface area (Å²) >= 11 is 0. The van der Waals surface area contributed by atoms with Crippen LogP contribution in [0.15, 0.2) is 121 Å². The van der Waals surface area contributed by atoms with E-state index in [9.17, 15) is 0 Å². The summed E-state index contributed by atoms with van der Waals surface area (Å²) in [5, 5.41) is 8.21. The molecule has 0 fully saturated rings. The van der Waals surface area contributed by atoms with Gasteiger partial charge in [0.1, 0.15) is 18.1 Å². The molecule has 5 rings (SSSR count). The van der Waals surface area contributed by atoms with Crippen molar-refractivity contribution in [2.24, 2.45) is 0 Å². The van der Waals surface area contributed by atoms with Crippen LogP contribution < -0.4 is 10.1 Å². The molecule has 0 amide bonds. The highest BCUT2D eigenvalue weighted by Crippen LogP contribution is 2.36. The summed E-state index contributed by atoms with van der Waals surface area (Å²) in [6.45, 7) is 2.19. The topological polar surface area (TPSA) is 43.4 Å². The molecule has 0 saturated heterocycles. The molecule has 4 nitrogen and oxygen atoms in total. The van der Waals surface area contributed by atoms with E-state index in [-0.39, 0.29) is 0 Å². The standard InChI is InChI=1S/C37H38N2O2S/c1-42(2,3)28-23-34-20-19-30-29-35(21-22-36(30)39-34)41-27-26-40-25-24-38-37(31-13-7-4-8-14-31,32-15-9-5-10-16-32)33-17-11-6-12-18-33/h4-22,29,38H,24-27H2,1-3H3. The second kappa shape index (κ2) is 13.7. The highest BCUT2D eigenvalue weighted by Gasteiger charge is 2.35. The zero-order chi connectivity index (χ0) is 29.3. The van der Waals surface area contributed by atoms with E-state index in [2.05, 4.69) is 137 Å². The Labute approximate surface area is 251 Å². The lowest BCUT2D eigenvalue weighted by atomic mass is 9.77. The molecule has 0 aliphatic carbocycles. The monoisotopic (exact) mass is 574 g/mol. The Bertz CT molecular complexity index is 1540. The zero-order valence-corrected chi connectivity index (χ0v) is 25.4. The average molecular weight is 575 g/mol. The first-order valence-electron chi connectivity index (χ1n) is 14.2. The molecule has 214 valence electrons. The second-order valence-electron chi connectivity index (χ2n) is 10.9. The first-order chi connectivity index (χ1) is 20.4. The third-order valence-electron chi connectivity index (χ3n) is 6.90. The maximum Gasteiger partial charge on any atom is 0.120 e. The van der Waals surface area contributed by atoms with Crippen molar-refractivity contribution in [2.45, 2.75) is 5.54 Å². The molecule has 0 bridgehead atoms. The number of aromatic nitrogens is 1. The second-order valence-corrected chi connectivity index (χ2v) is 14.7. The summed E-state index contributed by atoms with van der Waals surface area (Å²) in [7, 11) is -0.884. The normalized spacial score (nSPS) is 12.0. The summed E-state index contributed by atoms with van der Waals surface area (Å²) in [4.78, 5) is 4.69. The number of nitrogens with zero attached hydrogens (tertiary/aromatic N) is 1. The summed E-state index contributed by atoms with van der Waals surface area (Å²) < 4.78 is 12.0. The van der Waals surface area contributed by atoms with Gasteiger partial charge in [-0.2, -0.15) is 10.0 Å². The molecule has 0 radical (unpaired) electrons. The fourth-order valence-electron chi connectivity index (χ4n) is 4.97. The van der Waals surface area contributed by atoms with E-state index >= 15 is 0 Å². The number of pyridine rings is 1. The van der Waals surface area contributed by atoms with Gasteiger partial charge in [0, 0.05) is 11.9 Å². The Morgan fingerprint density at radius 2 is 1.29 bits per heavy atom. The number of nitrogens with one attached hydrogen (secondary N) is 1. The molecule has 5 aromatic rings. The predicted octanol–water partition coefficient (Wildman–Crippen LogP) is 7.21. The number of rotatable bonds is 11. The van der Waals surface area contributed by atoms with Crippen molar-refractivity contribution in [2.75, 3.05) is 45.1 Å². The molecule has 4 aromatic carbocycles. The van der Waals surface area contributed by atoms with Gasteiger partial charge in [0.2, 0.25) is 0 Å². The summed E-state index contributed by atoms with van der Waals surface area (Å²) in [6, 6.07) is 41.8. The lowest BCUT2D eigenvalue weighted by Gasteiger charge is -2.37. The van der Waals surface area contributed by atoms with Gasteiger partial charge >= 0.3 is 0 Å². The molecule has 0 aliphatic heterocycles. The summed E-state index contributed by atoms with van der Waals surface area (Å²) in [6.07, 6.45) is 6.54. The Kier molecular flexibility index (Phi) is 9.61. The van der Waals surface area contributed by atoms with Gasteiger partial charge in [0.05, 0.1) is 24.3 Å². The first-order valence-corrected chi connectivity index (χ1v) is 17.0. The van der Waals surface area contributed by atoms with Gasteiger partial charge in [0.15, 0.2) is 0 Å². The lowest BCUT2D eigenvalue weighted by Crippen LogP contribution is -2.46. The van der Waals surface area contributed by atoms with Gasteiger partial charge < -0.3 is 9.47 Å². The molecule has 0 spiro atoms. The van der Waals surface area contributed by atoms with Crippen LogP contribution in [0.2, 0.25) is 0 Å². The van der Waals surface area contributed by atoms with E-state index in [1.165, 1.54) is 16.7 Å². The van der Waals surface area contributed by atoms with Crippen molar-refractivity contribution in [3.63, 3.8) is 0 Å². The molecule has 0 aliphatic rings. The van der Waals surface area contributed by atoms with Crippen molar-refractivity contribution in [3.05, 3.63) is 144 Å². The van der Waals surface area contributed by atoms with Crippen molar-refractivity contribution in [3.8, 4) is 16.9 Å². The lowest BCUT2D eigenvalue weighted by molar-refractivity contribution is 0.0992. The minimum Gasteiger partial charge on any atom is -0.491 e. The van der Waals surface area contributed by atoms with Gasteiger partial charge in [-0.15, -0.1) is 0 Å². The largest absolute Gasteiger partial charge is 0.491 e. The highest BCUT2D eigenvalue weighted by molar-refractivity contribution is 8.35. The molecule has 0 saturated carbocycles. The minimum absolute atomic E-state index is 0.470. The van der Waals surface area contributed by atoms with Crippen LogP contribution in [0.3, 0.4) is 0 Å². The Balaban J connectivity index is 1.19. The van der Waals surface area contributed by atoms with E-state index in [0.717, 1.165) is 22.3 Å². The molecule has 42 heavy (non-hydrogen) atoms. The van der Waals surface area contributed by atoms with Gasteiger partial charge in [0.25, 0.3) is 0 Å². The number of hydrogen-bond acceptors (Lipinski definition) is 4. The van der Waals surface area contributed by atoms with Crippen molar-refractivity contribution in [1.82, 2.24) is 10.3 Å². The van der Waals surface area contributed by atoms with Crippen LogP contribution in [-0.2, 0) is 10.3 Å². The Morgan fingerprint density at radius 1 is 0.690 bits per heavy atom. The summed E-state index contributed by atoms with van der Waals surface area (Å²) in [5.41, 5.74) is 4.78. The maximum absolute atomic E-state index is 6.00. The molecule has 5 heteroatoms. The molecular formula is C37H38N2O2S. The third-order valence-corrected chi connectivity index (χ3v) is 7.61. The molecule has 1 aromatic heterocycles. The first kappa shape index (κ1) is 29.4. The van der Waals surface area contributed by atoms with Crippen LogP contribution in [-0.4, -0.2) is 50.1 Å². The molecule has 1 N–H and O–H groups in total. The average Bonchev–Trinajstić information content (AvgIpc) is 3.02. The van der Waals surface area contributed by atoms with Crippen molar-refractivity contribution >= 4 is 20.9 Å². The van der Waals surface area contributed by atoms with Crippen LogP contribution >= 0.6 is 10.0 Å². The number of hydrogen-bond donors (Lipinski definition) is 1. The molecule has 0 unspecified atom stereocenters. The number of ether oxygens (including phenoxy) is 2. The van der Waals surface area contributed by atoms with Gasteiger partial charge in [-0.1, -0.05) is 91.0 Å². The Morgan fingerprint density at radius 3 is 1.86 bits per heavy atom. The third kappa shape index (κ3) is 7.40. The predicted molar refractivity (Wildman–Crippen MR) is 178 cm³/mol. The van der Waals surface area contributed by atoms with Crippen LogP contribution in [0.5, 0.6) is 5.75 Å². The highest BCUT2D eigenvalue weighted by atomic mass is 32.3. The van der Waals surface area contributed by atoms with E-state index in [1.54, 1.807) is 0 Å². The van der Waals surface area contributed by atoms with E-state index in [0.29, 0.717) is 26.4 Å². The van der Waals surface area contributed by atoms with E-state index in [4.69, 9.17) is 9.47 Å². The van der Waals surface area contributed by atoms with Gasteiger partial charge in [-0.25, -0.2) is 4.98 Å². The van der Waals surface area contributed by atoms with Crippen molar-refractivity contribution < 1.29 is 9.47 Å². The van der Waals surface area contributed by atoms with Gasteiger partial charge in [-0.3, -0.25) is 5.32 Å². The SMILES string of the molecule is CS(C)(C)C#Cc1ccc2cc(OCCOCCNC(c3ccccc3)(c3ccccc3)c3ccccc3)ccc2n1. The van der Waals surface area contributed by atoms with E-state index in [1.807, 2.05) is 24.3 Å². The molecule has 1 heterocycles. The minimum atomic E-state index is -0.884. The Hall–Kier alpha value is -4.08. The number of benzene rings is 4. The van der Waals surface area contributed by atoms with E-state index < -0.39 is 15.6 Å². The van der Waals surface area contributed by atoms with Crippen molar-refractivity contribution in [1.29, 1.82) is 0 Å². The van der Waals surface area contributed by atoms with Crippen LogP contribution in [0.25, 0.3) is 10.9 Å². The fraction of sp³-hybridized carbons (Fsp3) is 0.216.